The Kier molecular flexibility index (Phi) is 3.00. The number of carbonyl (C=O) groups is 1. The van der Waals surface area contributed by atoms with Gasteiger partial charge < -0.3 is 11.5 Å². The Bertz CT molecular complexity index is 592. The van der Waals surface area contributed by atoms with Crippen LogP contribution in [0.4, 0.5) is 5.82 Å². The van der Waals surface area contributed by atoms with E-state index in [1.54, 1.807) is 6.08 Å². The number of nitrogen functional groups attached to an aromatic ring is 1. The summed E-state index contributed by atoms with van der Waals surface area (Å²) in [5, 5.41) is 0.800. The third-order valence-electron chi connectivity index (χ3n) is 2.32. The second kappa shape index (κ2) is 4.61. The molecule has 5 nitrogen and oxygen atoms in total. The number of nitrogens with zero attached hydrogens (tertiary/aromatic N) is 2. The van der Waals surface area contributed by atoms with Crippen LogP contribution >= 0.6 is 0 Å². The van der Waals surface area contributed by atoms with Crippen LogP contribution in [0.15, 0.2) is 30.6 Å². The van der Waals surface area contributed by atoms with Gasteiger partial charge in [-0.1, -0.05) is 18.2 Å². The molecule has 5 heteroatoms. The van der Waals surface area contributed by atoms with Gasteiger partial charge in [0.1, 0.15) is 12.1 Å². The first kappa shape index (κ1) is 11.1. The zero-order chi connectivity index (χ0) is 12.3. The van der Waals surface area contributed by atoms with Crippen LogP contribution in [0.3, 0.4) is 0 Å². The van der Waals surface area contributed by atoms with E-state index >= 15 is 0 Å². The second-order valence-electron chi connectivity index (χ2n) is 3.61. The molecule has 1 amide bonds. The van der Waals surface area contributed by atoms with Gasteiger partial charge in [0.15, 0.2) is 0 Å². The number of hydrogen-bond acceptors (Lipinski definition) is 4. The third-order valence-corrected chi connectivity index (χ3v) is 2.32. The first-order valence-electron chi connectivity index (χ1n) is 5.12. The average Bonchev–Trinajstić information content (AvgIpc) is 2.30. The lowest BCUT2D eigenvalue weighted by atomic mass is 10.1. The highest BCUT2D eigenvalue weighted by molar-refractivity contribution is 5.89. The number of benzene rings is 1. The van der Waals surface area contributed by atoms with Crippen molar-refractivity contribution in [3.63, 3.8) is 0 Å². The number of aromatic nitrogens is 2. The lowest BCUT2D eigenvalue weighted by molar-refractivity contribution is -0.117. The molecule has 86 valence electrons. The molecule has 0 saturated heterocycles. The van der Waals surface area contributed by atoms with Gasteiger partial charge in [0, 0.05) is 11.8 Å². The Labute approximate surface area is 98.2 Å². The van der Waals surface area contributed by atoms with Gasteiger partial charge in [0.05, 0.1) is 5.52 Å². The minimum atomic E-state index is -0.357. The summed E-state index contributed by atoms with van der Waals surface area (Å²) < 4.78 is 0. The first-order valence-corrected chi connectivity index (χ1v) is 5.12. The SMILES string of the molecule is NC(=O)CC=Cc1ccc2ncnc(N)c2c1. The molecule has 1 aromatic heterocycles. The molecule has 0 saturated carbocycles. The van der Waals surface area contributed by atoms with Crippen LogP contribution in [0.25, 0.3) is 17.0 Å². The normalized spacial score (nSPS) is 11.1. The highest BCUT2D eigenvalue weighted by Gasteiger charge is 2.00. The summed E-state index contributed by atoms with van der Waals surface area (Å²) in [7, 11) is 0. The van der Waals surface area contributed by atoms with Crippen molar-refractivity contribution < 1.29 is 4.79 Å². The molecule has 0 atom stereocenters. The summed E-state index contributed by atoms with van der Waals surface area (Å²) in [5.41, 5.74) is 12.5. The van der Waals surface area contributed by atoms with Gasteiger partial charge in [-0.3, -0.25) is 4.79 Å². The van der Waals surface area contributed by atoms with Gasteiger partial charge >= 0.3 is 0 Å². The topological polar surface area (TPSA) is 94.9 Å². The zero-order valence-electron chi connectivity index (χ0n) is 9.13. The van der Waals surface area contributed by atoms with E-state index in [4.69, 9.17) is 11.5 Å². The molecule has 0 radical (unpaired) electrons. The van der Waals surface area contributed by atoms with Crippen molar-refractivity contribution in [3.05, 3.63) is 36.2 Å². The monoisotopic (exact) mass is 228 g/mol. The number of carbonyl (C=O) groups excluding carboxylic acids is 1. The van der Waals surface area contributed by atoms with E-state index in [9.17, 15) is 4.79 Å². The maximum atomic E-state index is 10.6. The van der Waals surface area contributed by atoms with E-state index in [2.05, 4.69) is 9.97 Å². The Morgan fingerprint density at radius 2 is 2.18 bits per heavy atom. The average molecular weight is 228 g/mol. The van der Waals surface area contributed by atoms with Crippen molar-refractivity contribution >= 4 is 28.7 Å². The van der Waals surface area contributed by atoms with E-state index in [1.165, 1.54) is 6.33 Å². The Balaban J connectivity index is 2.34. The molecule has 0 fully saturated rings. The highest BCUT2D eigenvalue weighted by atomic mass is 16.1. The number of hydrogen-bond donors (Lipinski definition) is 2. The fourth-order valence-electron chi connectivity index (χ4n) is 1.51. The number of primary amides is 1. The second-order valence-corrected chi connectivity index (χ2v) is 3.61. The van der Waals surface area contributed by atoms with Gasteiger partial charge in [0.2, 0.25) is 5.91 Å². The molecule has 0 spiro atoms. The molecule has 1 aromatic carbocycles. The van der Waals surface area contributed by atoms with Crippen LogP contribution in [-0.2, 0) is 4.79 Å². The lowest BCUT2D eigenvalue weighted by Crippen LogP contribution is -2.07. The molecule has 2 aromatic rings. The van der Waals surface area contributed by atoms with Crippen LogP contribution in [-0.4, -0.2) is 15.9 Å². The summed E-state index contributed by atoms with van der Waals surface area (Å²) in [6, 6.07) is 5.63. The number of nitrogens with two attached hydrogens (primary N) is 2. The number of fused-ring (bicyclic) bond motifs is 1. The smallest absolute Gasteiger partial charge is 0.221 e. The first-order chi connectivity index (χ1) is 8.16. The highest BCUT2D eigenvalue weighted by Crippen LogP contribution is 2.18. The summed E-state index contributed by atoms with van der Waals surface area (Å²) in [5.74, 6) is 0.0880. The van der Waals surface area contributed by atoms with Crippen molar-refractivity contribution in [2.45, 2.75) is 6.42 Å². The molecule has 0 unspecified atom stereocenters. The molecule has 1 heterocycles. The van der Waals surface area contributed by atoms with Crippen molar-refractivity contribution in [2.24, 2.45) is 5.73 Å². The Hall–Kier alpha value is -2.43. The van der Waals surface area contributed by atoms with E-state index < -0.39 is 0 Å². The predicted octanol–water partition coefficient (Wildman–Crippen LogP) is 1.10. The fraction of sp³-hybridized carbons (Fsp3) is 0.0833. The minimum absolute atomic E-state index is 0.221. The molecule has 0 bridgehead atoms. The molecule has 0 aliphatic carbocycles. The molecule has 2 rings (SSSR count). The molecule has 4 N–H and O–H groups in total. The maximum Gasteiger partial charge on any atom is 0.221 e. The molecular weight excluding hydrogens is 216 g/mol. The summed E-state index contributed by atoms with van der Waals surface area (Å²) >= 11 is 0. The zero-order valence-corrected chi connectivity index (χ0v) is 9.13. The van der Waals surface area contributed by atoms with Crippen molar-refractivity contribution in [1.82, 2.24) is 9.97 Å². The summed E-state index contributed by atoms with van der Waals surface area (Å²) in [4.78, 5) is 18.6. The van der Waals surface area contributed by atoms with Crippen molar-refractivity contribution in [3.8, 4) is 0 Å². The molecule has 17 heavy (non-hydrogen) atoms. The number of rotatable bonds is 3. The summed E-state index contributed by atoms with van der Waals surface area (Å²) in [6.45, 7) is 0. The van der Waals surface area contributed by atoms with Gasteiger partial charge in [-0.15, -0.1) is 0 Å². The van der Waals surface area contributed by atoms with Crippen LogP contribution in [0.2, 0.25) is 0 Å². The van der Waals surface area contributed by atoms with E-state index in [0.29, 0.717) is 5.82 Å². The van der Waals surface area contributed by atoms with E-state index in [0.717, 1.165) is 16.5 Å². The van der Waals surface area contributed by atoms with Crippen LogP contribution < -0.4 is 11.5 Å². The van der Waals surface area contributed by atoms with Crippen LogP contribution in [0, 0.1) is 0 Å². The number of amides is 1. The minimum Gasteiger partial charge on any atom is -0.383 e. The fourth-order valence-corrected chi connectivity index (χ4v) is 1.51. The van der Waals surface area contributed by atoms with Crippen LogP contribution in [0.1, 0.15) is 12.0 Å². The van der Waals surface area contributed by atoms with E-state index in [1.807, 2.05) is 24.3 Å². The van der Waals surface area contributed by atoms with Gasteiger partial charge in [-0.2, -0.15) is 0 Å². The maximum absolute atomic E-state index is 10.6. The standard InChI is InChI=1S/C12H12N4O/c13-11(17)3-1-2-8-4-5-10-9(6-8)12(14)16-7-15-10/h1-2,4-7H,3H2,(H2,13,17)(H2,14,15,16). The van der Waals surface area contributed by atoms with Crippen molar-refractivity contribution in [2.75, 3.05) is 5.73 Å². The van der Waals surface area contributed by atoms with E-state index in [-0.39, 0.29) is 12.3 Å². The molecule has 0 aliphatic rings. The molecular formula is C12H12N4O. The Morgan fingerprint density at radius 3 is 2.94 bits per heavy atom. The molecule has 0 aliphatic heterocycles. The lowest BCUT2D eigenvalue weighted by Gasteiger charge is -2.01. The Morgan fingerprint density at radius 1 is 1.35 bits per heavy atom. The van der Waals surface area contributed by atoms with Gasteiger partial charge in [-0.25, -0.2) is 9.97 Å². The third kappa shape index (κ3) is 2.57. The summed E-state index contributed by atoms with van der Waals surface area (Å²) in [6.07, 6.45) is 5.18. The number of anilines is 1. The van der Waals surface area contributed by atoms with Gasteiger partial charge in [-0.05, 0) is 17.7 Å². The largest absolute Gasteiger partial charge is 0.383 e. The van der Waals surface area contributed by atoms with Crippen LogP contribution in [0.5, 0.6) is 0 Å². The quantitative estimate of drug-likeness (QED) is 0.822. The van der Waals surface area contributed by atoms with Crippen molar-refractivity contribution in [1.29, 1.82) is 0 Å². The van der Waals surface area contributed by atoms with Gasteiger partial charge in [0.25, 0.3) is 0 Å². The predicted molar refractivity (Wildman–Crippen MR) is 66.8 cm³/mol.